The molecular formula is C14H24. The van der Waals surface area contributed by atoms with Gasteiger partial charge in [0.1, 0.15) is 0 Å². The van der Waals surface area contributed by atoms with Gasteiger partial charge in [-0.15, -0.1) is 0 Å². The van der Waals surface area contributed by atoms with E-state index in [9.17, 15) is 0 Å². The second-order valence-corrected chi connectivity index (χ2v) is 6.50. The summed E-state index contributed by atoms with van der Waals surface area (Å²) in [4.78, 5) is 0. The van der Waals surface area contributed by atoms with Crippen LogP contribution in [0.5, 0.6) is 0 Å². The summed E-state index contributed by atoms with van der Waals surface area (Å²) in [6.07, 6.45) is 12.3. The Balaban J connectivity index is 1.81. The summed E-state index contributed by atoms with van der Waals surface area (Å²) in [6, 6.07) is 0. The molecule has 0 saturated heterocycles. The Morgan fingerprint density at radius 2 is 2.00 bits per heavy atom. The molecule has 3 rings (SSSR count). The van der Waals surface area contributed by atoms with Gasteiger partial charge in [-0.05, 0) is 61.2 Å². The molecule has 0 amide bonds. The summed E-state index contributed by atoms with van der Waals surface area (Å²) in [7, 11) is 0. The molecule has 0 aromatic rings. The lowest BCUT2D eigenvalue weighted by atomic mass is 9.51. The lowest BCUT2D eigenvalue weighted by molar-refractivity contribution is -0.0416. The number of fused-ring (bicyclic) bond motifs is 1. The molecular weight excluding hydrogens is 168 g/mol. The van der Waals surface area contributed by atoms with Crippen LogP contribution in [0, 0.1) is 22.7 Å². The van der Waals surface area contributed by atoms with Crippen molar-refractivity contribution < 1.29 is 0 Å². The van der Waals surface area contributed by atoms with Crippen molar-refractivity contribution in [2.45, 2.75) is 65.2 Å². The van der Waals surface area contributed by atoms with Crippen molar-refractivity contribution in [2.75, 3.05) is 0 Å². The van der Waals surface area contributed by atoms with Gasteiger partial charge in [0.25, 0.3) is 0 Å². The molecule has 0 aliphatic heterocycles. The zero-order chi connectivity index (χ0) is 9.81. The van der Waals surface area contributed by atoms with Crippen LogP contribution < -0.4 is 0 Å². The molecule has 0 heteroatoms. The summed E-state index contributed by atoms with van der Waals surface area (Å²) in [5, 5.41) is 0. The summed E-state index contributed by atoms with van der Waals surface area (Å²) in [6.45, 7) is 4.96. The van der Waals surface area contributed by atoms with Crippen LogP contribution >= 0.6 is 0 Å². The van der Waals surface area contributed by atoms with Crippen molar-refractivity contribution >= 4 is 0 Å². The molecule has 1 spiro atoms. The Labute approximate surface area is 88.5 Å². The summed E-state index contributed by atoms with van der Waals surface area (Å²) < 4.78 is 0. The Morgan fingerprint density at radius 3 is 2.57 bits per heavy atom. The minimum Gasteiger partial charge on any atom is -0.0654 e. The van der Waals surface area contributed by atoms with Gasteiger partial charge in [0.2, 0.25) is 0 Å². The van der Waals surface area contributed by atoms with E-state index in [1.165, 1.54) is 19.3 Å². The Morgan fingerprint density at radius 1 is 1.21 bits per heavy atom. The minimum absolute atomic E-state index is 0.770. The van der Waals surface area contributed by atoms with E-state index < -0.39 is 0 Å². The highest BCUT2D eigenvalue weighted by atomic mass is 14.7. The number of unbranched alkanes of at least 4 members (excludes halogenated alkanes) is 1. The molecule has 0 heterocycles. The molecule has 4 unspecified atom stereocenters. The van der Waals surface area contributed by atoms with Crippen LogP contribution in [0.4, 0.5) is 0 Å². The molecule has 14 heavy (non-hydrogen) atoms. The van der Waals surface area contributed by atoms with Crippen LogP contribution in [-0.4, -0.2) is 0 Å². The molecule has 3 aliphatic rings. The van der Waals surface area contributed by atoms with E-state index in [1.807, 2.05) is 0 Å². The van der Waals surface area contributed by atoms with Crippen LogP contribution in [0.3, 0.4) is 0 Å². The molecule has 3 saturated carbocycles. The third-order valence-electron chi connectivity index (χ3n) is 6.11. The highest BCUT2D eigenvalue weighted by Gasteiger charge is 2.66. The van der Waals surface area contributed by atoms with Crippen molar-refractivity contribution in [3.8, 4) is 0 Å². The molecule has 3 fully saturated rings. The SMILES string of the molecule is CCCCC1(C)C2CCC3(CCC31)C2. The van der Waals surface area contributed by atoms with Crippen LogP contribution in [-0.2, 0) is 0 Å². The first-order valence-corrected chi connectivity index (χ1v) is 6.71. The topological polar surface area (TPSA) is 0 Å². The van der Waals surface area contributed by atoms with Gasteiger partial charge in [0, 0.05) is 0 Å². The largest absolute Gasteiger partial charge is 0.0654 e. The van der Waals surface area contributed by atoms with E-state index in [-0.39, 0.29) is 0 Å². The average molecular weight is 192 g/mol. The van der Waals surface area contributed by atoms with Crippen LogP contribution in [0.1, 0.15) is 65.2 Å². The van der Waals surface area contributed by atoms with E-state index in [2.05, 4.69) is 13.8 Å². The van der Waals surface area contributed by atoms with E-state index in [0.717, 1.165) is 22.7 Å². The zero-order valence-corrected chi connectivity index (χ0v) is 9.81. The number of hydrogen-bond donors (Lipinski definition) is 0. The quantitative estimate of drug-likeness (QED) is 0.622. The maximum Gasteiger partial charge on any atom is -0.0261 e. The van der Waals surface area contributed by atoms with Gasteiger partial charge in [-0.2, -0.15) is 0 Å². The van der Waals surface area contributed by atoms with Gasteiger partial charge in [-0.1, -0.05) is 26.7 Å². The fraction of sp³-hybridized carbons (Fsp3) is 1.00. The number of rotatable bonds is 3. The first kappa shape index (κ1) is 9.24. The maximum atomic E-state index is 2.62. The predicted molar refractivity (Wildman–Crippen MR) is 60.1 cm³/mol. The second kappa shape index (κ2) is 2.77. The van der Waals surface area contributed by atoms with Crippen molar-refractivity contribution in [3.63, 3.8) is 0 Å². The minimum atomic E-state index is 0.770. The molecule has 3 aliphatic carbocycles. The monoisotopic (exact) mass is 192 g/mol. The molecule has 0 nitrogen and oxygen atoms in total. The van der Waals surface area contributed by atoms with Gasteiger partial charge < -0.3 is 0 Å². The van der Waals surface area contributed by atoms with Gasteiger partial charge >= 0.3 is 0 Å². The molecule has 80 valence electrons. The van der Waals surface area contributed by atoms with Crippen molar-refractivity contribution in [2.24, 2.45) is 22.7 Å². The molecule has 4 atom stereocenters. The van der Waals surface area contributed by atoms with E-state index in [0.29, 0.717) is 0 Å². The summed E-state index contributed by atoms with van der Waals surface area (Å²) >= 11 is 0. The standard InChI is InChI=1S/C14H24/c1-3-4-7-13(2)11-5-8-14(10-11)9-6-12(13)14/h11-12H,3-10H2,1-2H3. The first-order valence-electron chi connectivity index (χ1n) is 6.71. The molecule has 2 bridgehead atoms. The lowest BCUT2D eigenvalue weighted by Crippen LogP contribution is -2.45. The van der Waals surface area contributed by atoms with Crippen molar-refractivity contribution in [1.29, 1.82) is 0 Å². The smallest absolute Gasteiger partial charge is 0.0261 e. The predicted octanol–water partition coefficient (Wildman–Crippen LogP) is 4.39. The molecule has 0 aromatic carbocycles. The number of hydrogen-bond acceptors (Lipinski definition) is 0. The second-order valence-electron chi connectivity index (χ2n) is 6.50. The van der Waals surface area contributed by atoms with Crippen molar-refractivity contribution in [3.05, 3.63) is 0 Å². The zero-order valence-electron chi connectivity index (χ0n) is 9.81. The van der Waals surface area contributed by atoms with Crippen LogP contribution in [0.2, 0.25) is 0 Å². The summed E-state index contributed by atoms with van der Waals surface area (Å²) in [5.74, 6) is 2.25. The van der Waals surface area contributed by atoms with Gasteiger partial charge in [-0.3, -0.25) is 0 Å². The normalized spacial score (nSPS) is 54.4. The van der Waals surface area contributed by atoms with Gasteiger partial charge in [0.05, 0.1) is 0 Å². The highest BCUT2D eigenvalue weighted by Crippen LogP contribution is 2.75. The Hall–Kier alpha value is 0. The van der Waals surface area contributed by atoms with Crippen molar-refractivity contribution in [1.82, 2.24) is 0 Å². The summed E-state index contributed by atoms with van der Waals surface area (Å²) in [5.41, 5.74) is 1.65. The fourth-order valence-corrected chi connectivity index (χ4v) is 5.21. The van der Waals surface area contributed by atoms with E-state index >= 15 is 0 Å². The molecule has 0 aromatic heterocycles. The third-order valence-corrected chi connectivity index (χ3v) is 6.11. The van der Waals surface area contributed by atoms with Gasteiger partial charge in [-0.25, -0.2) is 0 Å². The molecule has 0 radical (unpaired) electrons. The van der Waals surface area contributed by atoms with Gasteiger partial charge in [0.15, 0.2) is 0 Å². The highest BCUT2D eigenvalue weighted by molar-refractivity contribution is 5.16. The molecule has 0 N–H and O–H groups in total. The Kier molecular flexibility index (Phi) is 1.83. The maximum absolute atomic E-state index is 2.62. The lowest BCUT2D eigenvalue weighted by Gasteiger charge is -2.54. The van der Waals surface area contributed by atoms with E-state index in [4.69, 9.17) is 0 Å². The Bertz CT molecular complexity index is 244. The van der Waals surface area contributed by atoms with Crippen LogP contribution in [0.25, 0.3) is 0 Å². The third kappa shape index (κ3) is 0.907. The van der Waals surface area contributed by atoms with E-state index in [1.54, 1.807) is 32.1 Å². The average Bonchev–Trinajstić information content (AvgIpc) is 2.64. The van der Waals surface area contributed by atoms with Crippen LogP contribution in [0.15, 0.2) is 0 Å². The fourth-order valence-electron chi connectivity index (χ4n) is 5.21. The first-order chi connectivity index (χ1) is 6.71.